The minimum Gasteiger partial charge on any atom is -0.369 e. The number of rotatable bonds is 4. The minimum atomic E-state index is 0.313. The van der Waals surface area contributed by atoms with Crippen LogP contribution in [0.1, 0.15) is 24.8 Å². The van der Waals surface area contributed by atoms with Crippen LogP contribution in [0.25, 0.3) is 0 Å². The fourth-order valence-corrected chi connectivity index (χ4v) is 4.12. The number of amides is 1. The maximum Gasteiger partial charge on any atom is 0.236 e. The second kappa shape index (κ2) is 8.87. The number of anilines is 1. The van der Waals surface area contributed by atoms with Gasteiger partial charge in [0.1, 0.15) is 0 Å². The molecule has 0 radical (unpaired) electrons. The number of carbonyl (C=O) groups excluding carboxylic acids is 1. The molecule has 0 unspecified atom stereocenters. The fraction of sp³-hybridized carbons (Fsp3) is 0.667. The van der Waals surface area contributed by atoms with Crippen LogP contribution in [0, 0.1) is 6.92 Å². The first-order valence-corrected chi connectivity index (χ1v) is 10.0. The van der Waals surface area contributed by atoms with Gasteiger partial charge in [-0.25, -0.2) is 0 Å². The number of aryl methyl sites for hydroxylation is 1. The molecule has 1 atom stereocenters. The SMILES string of the molecule is Cc1cccc(N2CCN(CC(=O)N3CCC[C@H](N(C)C)CC3)CC2)c1. The zero-order chi connectivity index (χ0) is 18.5. The van der Waals surface area contributed by atoms with Crippen molar-refractivity contribution in [2.45, 2.75) is 32.2 Å². The molecule has 0 N–H and O–H groups in total. The molecule has 5 nitrogen and oxygen atoms in total. The summed E-state index contributed by atoms with van der Waals surface area (Å²) >= 11 is 0. The van der Waals surface area contributed by atoms with E-state index in [-0.39, 0.29) is 0 Å². The van der Waals surface area contributed by atoms with Crippen molar-refractivity contribution in [2.24, 2.45) is 0 Å². The third-order valence-corrected chi connectivity index (χ3v) is 5.88. The lowest BCUT2D eigenvalue weighted by molar-refractivity contribution is -0.132. The van der Waals surface area contributed by atoms with Crippen molar-refractivity contribution >= 4 is 11.6 Å². The smallest absolute Gasteiger partial charge is 0.236 e. The van der Waals surface area contributed by atoms with Crippen molar-refractivity contribution in [3.63, 3.8) is 0 Å². The third kappa shape index (κ3) is 4.98. The van der Waals surface area contributed by atoms with Crippen LogP contribution in [-0.4, -0.2) is 86.6 Å². The van der Waals surface area contributed by atoms with E-state index in [1.807, 2.05) is 0 Å². The van der Waals surface area contributed by atoms with Crippen molar-refractivity contribution in [2.75, 3.05) is 64.8 Å². The van der Waals surface area contributed by atoms with Gasteiger partial charge in [-0.3, -0.25) is 9.69 Å². The lowest BCUT2D eigenvalue weighted by atomic mass is 10.1. The Hall–Kier alpha value is -1.59. The van der Waals surface area contributed by atoms with Crippen LogP contribution in [0.2, 0.25) is 0 Å². The molecule has 0 spiro atoms. The molecule has 2 heterocycles. The van der Waals surface area contributed by atoms with Gasteiger partial charge < -0.3 is 14.7 Å². The maximum atomic E-state index is 12.7. The van der Waals surface area contributed by atoms with Crippen molar-refractivity contribution in [1.82, 2.24) is 14.7 Å². The second-order valence-electron chi connectivity index (χ2n) is 8.03. The molecule has 2 aliphatic rings. The number of likely N-dealkylation sites (tertiary alicyclic amines) is 1. The number of nitrogens with zero attached hydrogens (tertiary/aromatic N) is 4. The summed E-state index contributed by atoms with van der Waals surface area (Å²) in [4.78, 5) is 21.9. The summed E-state index contributed by atoms with van der Waals surface area (Å²) in [5, 5.41) is 0. The van der Waals surface area contributed by atoms with E-state index < -0.39 is 0 Å². The van der Waals surface area contributed by atoms with Crippen LogP contribution in [-0.2, 0) is 4.79 Å². The molecule has 1 aromatic rings. The molecular formula is C21H34N4O. The van der Waals surface area contributed by atoms with E-state index in [4.69, 9.17) is 0 Å². The third-order valence-electron chi connectivity index (χ3n) is 5.88. The van der Waals surface area contributed by atoms with E-state index in [0.717, 1.165) is 52.1 Å². The highest BCUT2D eigenvalue weighted by Crippen LogP contribution is 2.18. The van der Waals surface area contributed by atoms with Crippen molar-refractivity contribution in [3.8, 4) is 0 Å². The van der Waals surface area contributed by atoms with Gasteiger partial charge in [-0.1, -0.05) is 12.1 Å². The average molecular weight is 359 g/mol. The van der Waals surface area contributed by atoms with E-state index in [2.05, 4.69) is 64.9 Å². The normalized spacial score (nSPS) is 22.5. The summed E-state index contributed by atoms with van der Waals surface area (Å²) in [6, 6.07) is 9.32. The predicted octanol–water partition coefficient (Wildman–Crippen LogP) is 2.06. The van der Waals surface area contributed by atoms with Gasteiger partial charge in [0.05, 0.1) is 6.54 Å². The van der Waals surface area contributed by atoms with E-state index in [1.165, 1.54) is 17.7 Å². The number of carbonyl (C=O) groups is 1. The highest BCUT2D eigenvalue weighted by molar-refractivity contribution is 5.78. The highest BCUT2D eigenvalue weighted by Gasteiger charge is 2.24. The summed E-state index contributed by atoms with van der Waals surface area (Å²) in [6.45, 7) is 8.48. The lowest BCUT2D eigenvalue weighted by Crippen LogP contribution is -2.50. The molecule has 1 aromatic carbocycles. The van der Waals surface area contributed by atoms with Gasteiger partial charge in [-0.05, 0) is 58.0 Å². The number of hydrogen-bond acceptors (Lipinski definition) is 4. The Kier molecular flexibility index (Phi) is 6.54. The highest BCUT2D eigenvalue weighted by atomic mass is 16.2. The Bertz CT molecular complexity index is 595. The van der Waals surface area contributed by atoms with Crippen LogP contribution >= 0.6 is 0 Å². The van der Waals surface area contributed by atoms with Gasteiger partial charge in [-0.2, -0.15) is 0 Å². The van der Waals surface area contributed by atoms with E-state index >= 15 is 0 Å². The number of benzene rings is 1. The summed E-state index contributed by atoms with van der Waals surface area (Å²) in [7, 11) is 4.30. The molecule has 0 aliphatic carbocycles. The largest absolute Gasteiger partial charge is 0.369 e. The first kappa shape index (κ1) is 19.2. The molecule has 0 bridgehead atoms. The van der Waals surface area contributed by atoms with Crippen molar-refractivity contribution in [3.05, 3.63) is 29.8 Å². The standard InChI is InChI=1S/C21H34N4O/c1-18-6-4-7-20(16-18)24-14-12-23(13-15-24)17-21(26)25-10-5-8-19(9-11-25)22(2)3/h4,6-7,16,19H,5,8-15,17H2,1-3H3/t19-/m0/s1. The molecule has 0 aromatic heterocycles. The Labute approximate surface area is 158 Å². The molecule has 2 aliphatic heterocycles. The van der Waals surface area contributed by atoms with Crippen LogP contribution in [0.4, 0.5) is 5.69 Å². The van der Waals surface area contributed by atoms with Crippen molar-refractivity contribution < 1.29 is 4.79 Å². The molecule has 1 amide bonds. The van der Waals surface area contributed by atoms with Crippen LogP contribution < -0.4 is 4.90 Å². The summed E-state index contributed by atoms with van der Waals surface area (Å²) in [6.07, 6.45) is 3.42. The molecule has 2 saturated heterocycles. The molecule has 26 heavy (non-hydrogen) atoms. The minimum absolute atomic E-state index is 0.313. The fourth-order valence-electron chi connectivity index (χ4n) is 4.12. The second-order valence-corrected chi connectivity index (χ2v) is 8.03. The molecule has 5 heteroatoms. The van der Waals surface area contributed by atoms with Crippen LogP contribution in [0.3, 0.4) is 0 Å². The number of piperazine rings is 1. The van der Waals surface area contributed by atoms with Gasteiger partial charge in [0.2, 0.25) is 5.91 Å². The zero-order valence-corrected chi connectivity index (χ0v) is 16.7. The van der Waals surface area contributed by atoms with Gasteiger partial charge in [0.25, 0.3) is 0 Å². The summed E-state index contributed by atoms with van der Waals surface area (Å²) in [5.41, 5.74) is 2.61. The average Bonchev–Trinajstić information content (AvgIpc) is 2.89. The van der Waals surface area contributed by atoms with Gasteiger partial charge >= 0.3 is 0 Å². The Morgan fingerprint density at radius 1 is 1.08 bits per heavy atom. The van der Waals surface area contributed by atoms with Gasteiger partial charge in [0, 0.05) is 51.0 Å². The van der Waals surface area contributed by atoms with Crippen LogP contribution in [0.5, 0.6) is 0 Å². The van der Waals surface area contributed by atoms with E-state index in [9.17, 15) is 4.79 Å². The Morgan fingerprint density at radius 3 is 2.54 bits per heavy atom. The van der Waals surface area contributed by atoms with Gasteiger partial charge in [0.15, 0.2) is 0 Å². The Balaban J connectivity index is 1.46. The molecule has 3 rings (SSSR count). The van der Waals surface area contributed by atoms with Crippen molar-refractivity contribution in [1.29, 1.82) is 0 Å². The lowest BCUT2D eigenvalue weighted by Gasteiger charge is -2.36. The summed E-state index contributed by atoms with van der Waals surface area (Å²) < 4.78 is 0. The van der Waals surface area contributed by atoms with Crippen LogP contribution in [0.15, 0.2) is 24.3 Å². The van der Waals surface area contributed by atoms with E-state index in [1.54, 1.807) is 0 Å². The predicted molar refractivity (Wildman–Crippen MR) is 108 cm³/mol. The molecule has 0 saturated carbocycles. The van der Waals surface area contributed by atoms with Gasteiger partial charge in [-0.15, -0.1) is 0 Å². The maximum absolute atomic E-state index is 12.7. The number of hydrogen-bond donors (Lipinski definition) is 0. The first-order valence-electron chi connectivity index (χ1n) is 10.0. The molecule has 2 fully saturated rings. The Morgan fingerprint density at radius 2 is 1.85 bits per heavy atom. The monoisotopic (exact) mass is 358 g/mol. The zero-order valence-electron chi connectivity index (χ0n) is 16.7. The van der Waals surface area contributed by atoms with E-state index in [0.29, 0.717) is 18.5 Å². The summed E-state index contributed by atoms with van der Waals surface area (Å²) in [5.74, 6) is 0.313. The first-order chi connectivity index (χ1) is 12.5. The molecule has 144 valence electrons. The molecular weight excluding hydrogens is 324 g/mol. The quantitative estimate of drug-likeness (QED) is 0.824. The topological polar surface area (TPSA) is 30.0 Å².